The van der Waals surface area contributed by atoms with Crippen LogP contribution in [0.25, 0.3) is 0 Å². The van der Waals surface area contributed by atoms with E-state index in [0.717, 1.165) is 38.5 Å². The van der Waals surface area contributed by atoms with Crippen LogP contribution < -0.4 is 9.44 Å². The van der Waals surface area contributed by atoms with Gasteiger partial charge in [-0.15, -0.1) is 0 Å². The lowest BCUT2D eigenvalue weighted by atomic mass is 10.1. The predicted molar refractivity (Wildman–Crippen MR) is 129 cm³/mol. The lowest BCUT2D eigenvalue weighted by molar-refractivity contribution is 0.541. The van der Waals surface area contributed by atoms with Gasteiger partial charge in [0.15, 0.2) is 0 Å². The van der Waals surface area contributed by atoms with Crippen LogP contribution in [0.3, 0.4) is 0 Å². The number of sulfonamides is 2. The molecule has 0 unspecified atom stereocenters. The summed E-state index contributed by atoms with van der Waals surface area (Å²) in [5, 5.41) is 0. The van der Waals surface area contributed by atoms with Crippen molar-refractivity contribution in [2.24, 2.45) is 0 Å². The van der Waals surface area contributed by atoms with Gasteiger partial charge in [-0.1, -0.05) is 87.8 Å². The van der Waals surface area contributed by atoms with Gasteiger partial charge < -0.3 is 0 Å². The van der Waals surface area contributed by atoms with Crippen LogP contribution in [0, 0.1) is 0 Å². The molecular formula is C24H36N2O4S2. The molecule has 0 atom stereocenters. The van der Waals surface area contributed by atoms with Gasteiger partial charge in [0, 0.05) is 13.1 Å². The predicted octanol–water partition coefficient (Wildman–Crippen LogP) is 4.84. The summed E-state index contributed by atoms with van der Waals surface area (Å²) in [7, 11) is -6.77. The van der Waals surface area contributed by atoms with Crippen LogP contribution in [0.4, 0.5) is 0 Å². The SMILES string of the molecule is O=S(=O)(NCCCCCCCCCCCCNS(=O)(=O)c1ccccc1)c1ccccc1. The van der Waals surface area contributed by atoms with Crippen LogP contribution in [0.1, 0.15) is 64.2 Å². The van der Waals surface area contributed by atoms with Gasteiger partial charge in [-0.2, -0.15) is 0 Å². The minimum Gasteiger partial charge on any atom is -0.211 e. The summed E-state index contributed by atoms with van der Waals surface area (Å²) in [6, 6.07) is 16.9. The maximum Gasteiger partial charge on any atom is 0.240 e. The maximum atomic E-state index is 12.1. The number of benzene rings is 2. The average Bonchev–Trinajstić information content (AvgIpc) is 2.80. The zero-order valence-corrected chi connectivity index (χ0v) is 20.3. The zero-order chi connectivity index (χ0) is 23.1. The number of nitrogens with one attached hydrogen (secondary N) is 2. The molecule has 0 heterocycles. The van der Waals surface area contributed by atoms with Crippen molar-refractivity contribution >= 4 is 20.0 Å². The average molecular weight is 481 g/mol. The van der Waals surface area contributed by atoms with Crippen LogP contribution in [-0.2, 0) is 20.0 Å². The van der Waals surface area contributed by atoms with Crippen molar-refractivity contribution in [1.82, 2.24) is 9.44 Å². The van der Waals surface area contributed by atoms with Crippen molar-refractivity contribution in [1.29, 1.82) is 0 Å². The third-order valence-corrected chi connectivity index (χ3v) is 8.25. The molecule has 0 aliphatic rings. The highest BCUT2D eigenvalue weighted by Crippen LogP contribution is 2.12. The van der Waals surface area contributed by atoms with Crippen LogP contribution in [0.15, 0.2) is 70.5 Å². The summed E-state index contributed by atoms with van der Waals surface area (Å²) in [6.07, 6.45) is 10.7. The lowest BCUT2D eigenvalue weighted by Crippen LogP contribution is -2.24. The van der Waals surface area contributed by atoms with Crippen LogP contribution in [0.2, 0.25) is 0 Å². The molecule has 0 bridgehead atoms. The second-order valence-electron chi connectivity index (χ2n) is 7.96. The van der Waals surface area contributed by atoms with E-state index in [0.29, 0.717) is 22.9 Å². The topological polar surface area (TPSA) is 92.3 Å². The molecule has 0 saturated heterocycles. The highest BCUT2D eigenvalue weighted by molar-refractivity contribution is 7.89. The molecule has 0 aliphatic heterocycles. The number of hydrogen-bond donors (Lipinski definition) is 2. The van der Waals surface area contributed by atoms with E-state index in [2.05, 4.69) is 9.44 Å². The van der Waals surface area contributed by atoms with Crippen molar-refractivity contribution < 1.29 is 16.8 Å². The molecule has 178 valence electrons. The van der Waals surface area contributed by atoms with Crippen molar-refractivity contribution in [2.75, 3.05) is 13.1 Å². The Morgan fingerprint density at radius 3 is 1.03 bits per heavy atom. The Bertz CT molecular complexity index is 882. The normalized spacial score (nSPS) is 12.1. The van der Waals surface area contributed by atoms with Gasteiger partial charge >= 0.3 is 0 Å². The fraction of sp³-hybridized carbons (Fsp3) is 0.500. The van der Waals surface area contributed by atoms with E-state index in [9.17, 15) is 16.8 Å². The molecule has 2 aromatic rings. The molecule has 6 nitrogen and oxygen atoms in total. The summed E-state index contributed by atoms with van der Waals surface area (Å²) in [4.78, 5) is 0.627. The molecular weight excluding hydrogens is 444 g/mol. The smallest absolute Gasteiger partial charge is 0.211 e. The van der Waals surface area contributed by atoms with Gasteiger partial charge in [-0.3, -0.25) is 0 Å². The van der Waals surface area contributed by atoms with Crippen LogP contribution in [-0.4, -0.2) is 29.9 Å². The third kappa shape index (κ3) is 10.3. The summed E-state index contributed by atoms with van der Waals surface area (Å²) in [5.74, 6) is 0. The second-order valence-corrected chi connectivity index (χ2v) is 11.5. The maximum absolute atomic E-state index is 12.1. The molecule has 0 fully saturated rings. The molecule has 2 rings (SSSR count). The standard InChI is InChI=1S/C24H36N2O4S2/c27-31(28,23-17-11-9-12-18-23)25-21-15-7-5-3-1-2-4-6-8-16-22-26-32(29,30)24-19-13-10-14-20-24/h9-14,17-20,25-26H,1-8,15-16,21-22H2. The van der Waals surface area contributed by atoms with E-state index < -0.39 is 20.0 Å². The van der Waals surface area contributed by atoms with Crippen molar-refractivity contribution in [3.05, 3.63) is 60.7 Å². The molecule has 0 radical (unpaired) electrons. The molecule has 0 saturated carbocycles. The van der Waals surface area contributed by atoms with Gasteiger partial charge in [-0.05, 0) is 37.1 Å². The highest BCUT2D eigenvalue weighted by atomic mass is 32.2. The van der Waals surface area contributed by atoms with Gasteiger partial charge in [0.1, 0.15) is 0 Å². The summed E-state index contributed by atoms with van der Waals surface area (Å²) in [6.45, 7) is 0.955. The van der Waals surface area contributed by atoms with Gasteiger partial charge in [0.05, 0.1) is 9.79 Å². The van der Waals surface area contributed by atoms with E-state index in [1.54, 1.807) is 60.7 Å². The molecule has 0 amide bonds. The van der Waals surface area contributed by atoms with E-state index in [1.165, 1.54) is 25.7 Å². The van der Waals surface area contributed by atoms with Crippen molar-refractivity contribution in [2.45, 2.75) is 74.0 Å². The summed E-state index contributed by atoms with van der Waals surface area (Å²) in [5.41, 5.74) is 0. The largest absolute Gasteiger partial charge is 0.240 e. The van der Waals surface area contributed by atoms with E-state index >= 15 is 0 Å². The molecule has 0 aliphatic carbocycles. The Hall–Kier alpha value is -1.74. The Labute approximate surface area is 193 Å². The fourth-order valence-electron chi connectivity index (χ4n) is 3.44. The monoisotopic (exact) mass is 480 g/mol. The van der Waals surface area contributed by atoms with E-state index in [-0.39, 0.29) is 0 Å². The summed E-state index contributed by atoms with van der Waals surface area (Å²) >= 11 is 0. The second kappa shape index (κ2) is 14.4. The quantitative estimate of drug-likeness (QED) is 0.317. The van der Waals surface area contributed by atoms with E-state index in [1.807, 2.05) is 0 Å². The number of hydrogen-bond acceptors (Lipinski definition) is 4. The van der Waals surface area contributed by atoms with Crippen LogP contribution >= 0.6 is 0 Å². The van der Waals surface area contributed by atoms with Gasteiger partial charge in [0.25, 0.3) is 0 Å². The lowest BCUT2D eigenvalue weighted by Gasteiger charge is -2.07. The highest BCUT2D eigenvalue weighted by Gasteiger charge is 2.12. The summed E-state index contributed by atoms with van der Waals surface area (Å²) < 4.78 is 53.7. The molecule has 0 aromatic heterocycles. The fourth-order valence-corrected chi connectivity index (χ4v) is 5.63. The Kier molecular flexibility index (Phi) is 11.9. The van der Waals surface area contributed by atoms with Crippen LogP contribution in [0.5, 0.6) is 0 Å². The molecule has 2 N–H and O–H groups in total. The molecule has 32 heavy (non-hydrogen) atoms. The first-order chi connectivity index (χ1) is 15.4. The number of unbranched alkanes of at least 4 members (excludes halogenated alkanes) is 9. The first kappa shape index (κ1) is 26.5. The number of rotatable bonds is 17. The molecule has 8 heteroatoms. The third-order valence-electron chi connectivity index (χ3n) is 5.29. The molecule has 0 spiro atoms. The van der Waals surface area contributed by atoms with E-state index in [4.69, 9.17) is 0 Å². The van der Waals surface area contributed by atoms with Gasteiger partial charge in [0.2, 0.25) is 20.0 Å². The molecule has 2 aromatic carbocycles. The zero-order valence-electron chi connectivity index (χ0n) is 18.7. The Balaban J connectivity index is 1.39. The minimum absolute atomic E-state index is 0.314. The van der Waals surface area contributed by atoms with Crippen molar-refractivity contribution in [3.8, 4) is 0 Å². The van der Waals surface area contributed by atoms with Crippen molar-refractivity contribution in [3.63, 3.8) is 0 Å². The Morgan fingerprint density at radius 1 is 0.438 bits per heavy atom. The Morgan fingerprint density at radius 2 is 0.719 bits per heavy atom. The minimum atomic E-state index is -3.39. The first-order valence-corrected chi connectivity index (χ1v) is 14.5. The van der Waals surface area contributed by atoms with Gasteiger partial charge in [-0.25, -0.2) is 26.3 Å². The first-order valence-electron chi connectivity index (χ1n) is 11.5.